The van der Waals surface area contributed by atoms with E-state index >= 15 is 0 Å². The maximum atomic E-state index is 12.1. The molecule has 1 aromatic heterocycles. The number of rotatable bonds is 11. The summed E-state index contributed by atoms with van der Waals surface area (Å²) in [5.74, 6) is 1.87. The van der Waals surface area contributed by atoms with Gasteiger partial charge in [0, 0.05) is 50.3 Å². The van der Waals surface area contributed by atoms with Crippen LogP contribution in [0.25, 0.3) is 0 Å². The van der Waals surface area contributed by atoms with E-state index in [1.54, 1.807) is 18.9 Å². The number of ether oxygens (including phenoxy) is 1. The van der Waals surface area contributed by atoms with Crippen molar-refractivity contribution in [3.8, 4) is 0 Å². The van der Waals surface area contributed by atoms with Crippen molar-refractivity contribution in [2.75, 3.05) is 32.2 Å². The molecule has 33 heavy (non-hydrogen) atoms. The van der Waals surface area contributed by atoms with Gasteiger partial charge in [0.05, 0.1) is 6.61 Å². The molecule has 0 radical (unpaired) electrons. The summed E-state index contributed by atoms with van der Waals surface area (Å²) < 4.78 is 4.96. The van der Waals surface area contributed by atoms with Gasteiger partial charge in [-0.3, -0.25) is 4.79 Å². The smallest absolute Gasteiger partial charge is 0.251 e. The number of benzene rings is 2. The Morgan fingerprint density at radius 3 is 2.45 bits per heavy atom. The van der Waals surface area contributed by atoms with Crippen LogP contribution in [0.4, 0.5) is 5.82 Å². The molecule has 0 saturated heterocycles. The molecule has 7 heteroatoms. The Kier molecular flexibility index (Phi) is 9.27. The number of hydrogen-bond donors (Lipinski definition) is 1. The Morgan fingerprint density at radius 1 is 1.06 bits per heavy atom. The monoisotopic (exact) mass is 464 g/mol. The number of thioether (sulfide) groups is 1. The van der Waals surface area contributed by atoms with Crippen LogP contribution in [0.1, 0.15) is 46.9 Å². The second-order valence-corrected chi connectivity index (χ2v) is 9.11. The molecule has 174 valence electrons. The maximum Gasteiger partial charge on any atom is 0.251 e. The molecule has 0 spiro atoms. The number of hydrogen-bond acceptors (Lipinski definition) is 6. The third kappa shape index (κ3) is 7.58. The van der Waals surface area contributed by atoms with Gasteiger partial charge in [-0.15, -0.1) is 0 Å². The first-order chi connectivity index (χ1) is 16.0. The molecular weight excluding hydrogens is 432 g/mol. The van der Waals surface area contributed by atoms with Crippen molar-refractivity contribution in [3.05, 3.63) is 83.0 Å². The fraction of sp³-hybridized carbons (Fsp3) is 0.346. The highest BCUT2D eigenvalue weighted by Crippen LogP contribution is 2.26. The number of carbonyl (C=O) groups is 1. The SMILES string of the molecule is COCCNC(=O)c1ccc(CSc2nc(C(C)C)cc(N(C)Cc3ccccc3)n2)cc1. The summed E-state index contributed by atoms with van der Waals surface area (Å²) in [5, 5.41) is 3.60. The molecule has 0 aliphatic carbocycles. The summed E-state index contributed by atoms with van der Waals surface area (Å²) in [7, 11) is 3.67. The Morgan fingerprint density at radius 2 is 1.79 bits per heavy atom. The fourth-order valence-electron chi connectivity index (χ4n) is 3.19. The molecule has 3 rings (SSSR count). The first kappa shape index (κ1) is 24.7. The van der Waals surface area contributed by atoms with Crippen molar-refractivity contribution in [2.45, 2.75) is 37.2 Å². The average molecular weight is 465 g/mol. The Balaban J connectivity index is 1.67. The summed E-state index contributed by atoms with van der Waals surface area (Å²) in [6.07, 6.45) is 0. The molecule has 0 bridgehead atoms. The van der Waals surface area contributed by atoms with E-state index in [9.17, 15) is 4.79 Å². The van der Waals surface area contributed by atoms with E-state index in [-0.39, 0.29) is 5.91 Å². The first-order valence-electron chi connectivity index (χ1n) is 11.1. The molecule has 0 saturated carbocycles. The number of aromatic nitrogens is 2. The third-order valence-corrected chi connectivity index (χ3v) is 6.05. The molecule has 1 heterocycles. The normalized spacial score (nSPS) is 10.9. The number of amides is 1. The van der Waals surface area contributed by atoms with Crippen LogP contribution >= 0.6 is 11.8 Å². The van der Waals surface area contributed by atoms with E-state index in [0.29, 0.717) is 24.6 Å². The molecule has 1 amide bonds. The van der Waals surface area contributed by atoms with Gasteiger partial charge in [-0.1, -0.05) is 68.1 Å². The van der Waals surface area contributed by atoms with Crippen molar-refractivity contribution < 1.29 is 9.53 Å². The quantitative estimate of drug-likeness (QED) is 0.247. The lowest BCUT2D eigenvalue weighted by atomic mass is 10.1. The van der Waals surface area contributed by atoms with Crippen molar-refractivity contribution in [2.24, 2.45) is 0 Å². The van der Waals surface area contributed by atoms with E-state index in [0.717, 1.165) is 34.5 Å². The number of nitrogens with one attached hydrogen (secondary N) is 1. The van der Waals surface area contributed by atoms with Gasteiger partial charge in [0.1, 0.15) is 5.82 Å². The third-order valence-electron chi connectivity index (χ3n) is 5.13. The van der Waals surface area contributed by atoms with Crippen molar-refractivity contribution in [1.82, 2.24) is 15.3 Å². The molecular formula is C26H32N4O2S. The summed E-state index contributed by atoms with van der Waals surface area (Å²) in [5.41, 5.74) is 4.03. The summed E-state index contributed by atoms with van der Waals surface area (Å²) in [6, 6.07) is 20.1. The predicted molar refractivity (Wildman–Crippen MR) is 135 cm³/mol. The van der Waals surface area contributed by atoms with Gasteiger partial charge >= 0.3 is 0 Å². The van der Waals surface area contributed by atoms with Gasteiger partial charge in [0.15, 0.2) is 5.16 Å². The van der Waals surface area contributed by atoms with Crippen LogP contribution in [0, 0.1) is 0 Å². The van der Waals surface area contributed by atoms with E-state index in [1.165, 1.54) is 5.56 Å². The van der Waals surface area contributed by atoms with E-state index in [2.05, 4.69) is 61.4 Å². The van der Waals surface area contributed by atoms with Gasteiger partial charge in [-0.2, -0.15) is 0 Å². The van der Waals surface area contributed by atoms with Gasteiger partial charge < -0.3 is 15.0 Å². The van der Waals surface area contributed by atoms with Crippen LogP contribution in [-0.4, -0.2) is 43.2 Å². The zero-order chi connectivity index (χ0) is 23.6. The summed E-state index contributed by atoms with van der Waals surface area (Å²) in [6.45, 7) is 6.08. The average Bonchev–Trinajstić information content (AvgIpc) is 2.83. The van der Waals surface area contributed by atoms with Crippen molar-refractivity contribution in [3.63, 3.8) is 0 Å². The van der Waals surface area contributed by atoms with E-state index < -0.39 is 0 Å². The van der Waals surface area contributed by atoms with Crippen LogP contribution < -0.4 is 10.2 Å². The highest BCUT2D eigenvalue weighted by Gasteiger charge is 2.12. The van der Waals surface area contributed by atoms with Gasteiger partial charge in [-0.05, 0) is 29.2 Å². The zero-order valence-electron chi connectivity index (χ0n) is 19.7. The number of anilines is 1. The van der Waals surface area contributed by atoms with Crippen LogP contribution in [0.2, 0.25) is 0 Å². The van der Waals surface area contributed by atoms with Crippen molar-refractivity contribution in [1.29, 1.82) is 0 Å². The fourth-order valence-corrected chi connectivity index (χ4v) is 4.01. The molecule has 3 aromatic rings. The van der Waals surface area contributed by atoms with Gasteiger partial charge in [-0.25, -0.2) is 9.97 Å². The molecule has 0 atom stereocenters. The molecule has 6 nitrogen and oxygen atoms in total. The minimum atomic E-state index is -0.0923. The second-order valence-electron chi connectivity index (χ2n) is 8.16. The Bertz CT molecular complexity index is 1030. The predicted octanol–water partition coefficient (Wildman–Crippen LogP) is 4.90. The minimum Gasteiger partial charge on any atom is -0.383 e. The zero-order valence-corrected chi connectivity index (χ0v) is 20.6. The molecule has 1 N–H and O–H groups in total. The lowest BCUT2D eigenvalue weighted by Crippen LogP contribution is -2.26. The summed E-state index contributed by atoms with van der Waals surface area (Å²) in [4.78, 5) is 23.9. The molecule has 0 aliphatic heterocycles. The molecule has 0 unspecified atom stereocenters. The van der Waals surface area contributed by atoms with Gasteiger partial charge in [0.2, 0.25) is 0 Å². The highest BCUT2D eigenvalue weighted by atomic mass is 32.2. The lowest BCUT2D eigenvalue weighted by Gasteiger charge is -2.20. The van der Waals surface area contributed by atoms with Gasteiger partial charge in [0.25, 0.3) is 5.91 Å². The van der Waals surface area contributed by atoms with Crippen LogP contribution in [0.5, 0.6) is 0 Å². The maximum absolute atomic E-state index is 12.1. The second kappa shape index (κ2) is 12.4. The Labute approximate surface area is 200 Å². The van der Waals surface area contributed by atoms with Crippen LogP contribution in [-0.2, 0) is 17.0 Å². The number of methoxy groups -OCH3 is 1. The topological polar surface area (TPSA) is 67.3 Å². The summed E-state index contributed by atoms with van der Waals surface area (Å²) >= 11 is 1.61. The highest BCUT2D eigenvalue weighted by molar-refractivity contribution is 7.98. The largest absolute Gasteiger partial charge is 0.383 e. The minimum absolute atomic E-state index is 0.0923. The number of nitrogens with zero attached hydrogens (tertiary/aromatic N) is 3. The van der Waals surface area contributed by atoms with E-state index in [1.807, 2.05) is 30.3 Å². The first-order valence-corrected chi connectivity index (χ1v) is 12.1. The number of carbonyl (C=O) groups excluding carboxylic acids is 1. The Hall–Kier alpha value is -2.90. The van der Waals surface area contributed by atoms with Crippen LogP contribution in [0.3, 0.4) is 0 Å². The molecule has 2 aromatic carbocycles. The van der Waals surface area contributed by atoms with E-state index in [4.69, 9.17) is 14.7 Å². The van der Waals surface area contributed by atoms with Crippen LogP contribution in [0.15, 0.2) is 65.8 Å². The standard InChI is InChI=1S/C26H32N4O2S/c1-19(2)23-16-24(30(3)17-20-8-6-5-7-9-20)29-26(28-23)33-18-21-10-12-22(13-11-21)25(31)27-14-15-32-4/h5-13,16,19H,14-15,17-18H2,1-4H3,(H,27,31). The molecule has 0 aliphatic rings. The lowest BCUT2D eigenvalue weighted by molar-refractivity contribution is 0.0937. The molecule has 0 fully saturated rings. The van der Waals surface area contributed by atoms with Crippen molar-refractivity contribution >= 4 is 23.5 Å².